The summed E-state index contributed by atoms with van der Waals surface area (Å²) in [5.74, 6) is 0.267. The summed E-state index contributed by atoms with van der Waals surface area (Å²) in [4.78, 5) is 11.6. The summed E-state index contributed by atoms with van der Waals surface area (Å²) >= 11 is 5.80. The minimum atomic E-state index is -0.637. The Hall–Kier alpha value is -1.26. The number of rotatable bonds is 5. The highest BCUT2D eigenvalue weighted by atomic mass is 35.5. The highest BCUT2D eigenvalue weighted by molar-refractivity contribution is 6.30. The monoisotopic (exact) mass is 257 g/mol. The lowest BCUT2D eigenvalue weighted by molar-refractivity contribution is -0.128. The second-order valence-electron chi connectivity index (χ2n) is 3.81. The van der Waals surface area contributed by atoms with Crippen LogP contribution in [0.5, 0.6) is 5.75 Å². The molecule has 17 heavy (non-hydrogen) atoms. The highest BCUT2D eigenvalue weighted by Gasteiger charge is 2.16. The molecule has 0 aliphatic carbocycles. The van der Waals surface area contributed by atoms with E-state index < -0.39 is 6.10 Å². The molecule has 0 saturated heterocycles. The van der Waals surface area contributed by atoms with Crippen molar-refractivity contribution >= 4 is 17.5 Å². The third-order valence-corrected chi connectivity index (χ3v) is 2.38. The second kappa shape index (κ2) is 6.47. The molecule has 4 nitrogen and oxygen atoms in total. The molecule has 0 aliphatic heterocycles. The number of amides is 1. The minimum absolute atomic E-state index is 0.102. The molecule has 1 rings (SSSR count). The average molecular weight is 258 g/mol. The maximum absolute atomic E-state index is 11.6. The van der Waals surface area contributed by atoms with Crippen molar-refractivity contribution in [3.8, 4) is 5.75 Å². The molecule has 0 saturated carbocycles. The second-order valence-corrected chi connectivity index (χ2v) is 4.25. The molecule has 2 N–H and O–H groups in total. The van der Waals surface area contributed by atoms with Crippen molar-refractivity contribution < 1.29 is 14.6 Å². The third kappa shape index (κ3) is 4.63. The zero-order valence-electron chi connectivity index (χ0n) is 9.81. The predicted octanol–water partition coefficient (Wildman–Crippen LogP) is 1.60. The Balaban J connectivity index is 2.54. The van der Waals surface area contributed by atoms with Crippen LogP contribution in [0.25, 0.3) is 0 Å². The van der Waals surface area contributed by atoms with E-state index in [1.165, 1.54) is 0 Å². The van der Waals surface area contributed by atoms with Gasteiger partial charge in [-0.1, -0.05) is 17.7 Å². The van der Waals surface area contributed by atoms with Crippen LogP contribution in [0, 0.1) is 0 Å². The molecule has 0 bridgehead atoms. The zero-order chi connectivity index (χ0) is 12.8. The van der Waals surface area contributed by atoms with Crippen LogP contribution >= 0.6 is 11.6 Å². The Bertz CT molecular complexity index is 384. The molecule has 0 spiro atoms. The molecule has 0 fully saturated rings. The van der Waals surface area contributed by atoms with Gasteiger partial charge < -0.3 is 15.2 Å². The van der Waals surface area contributed by atoms with Crippen molar-refractivity contribution in [2.24, 2.45) is 0 Å². The van der Waals surface area contributed by atoms with Crippen molar-refractivity contribution in [3.63, 3.8) is 0 Å². The molecule has 0 aliphatic rings. The van der Waals surface area contributed by atoms with Crippen LogP contribution in [0.3, 0.4) is 0 Å². The van der Waals surface area contributed by atoms with Crippen LogP contribution in [-0.2, 0) is 4.79 Å². The molecular formula is C12H16ClNO3. The van der Waals surface area contributed by atoms with Gasteiger partial charge in [0, 0.05) is 11.1 Å². The number of nitrogens with one attached hydrogen (secondary N) is 1. The van der Waals surface area contributed by atoms with E-state index in [2.05, 4.69) is 5.32 Å². The van der Waals surface area contributed by atoms with Gasteiger partial charge >= 0.3 is 0 Å². The van der Waals surface area contributed by atoms with Crippen molar-refractivity contribution in [1.82, 2.24) is 5.32 Å². The number of aliphatic hydroxyl groups excluding tert-OH is 1. The van der Waals surface area contributed by atoms with Crippen molar-refractivity contribution in [2.45, 2.75) is 26.0 Å². The summed E-state index contributed by atoms with van der Waals surface area (Å²) in [5.41, 5.74) is 0. The highest BCUT2D eigenvalue weighted by Crippen LogP contribution is 2.18. The summed E-state index contributed by atoms with van der Waals surface area (Å²) in [7, 11) is 0. The van der Waals surface area contributed by atoms with E-state index in [-0.39, 0.29) is 18.6 Å². The number of ether oxygens (including phenoxy) is 1. The molecule has 0 radical (unpaired) electrons. The molecule has 0 heterocycles. The molecule has 1 aromatic carbocycles. The SMILES string of the molecule is CC(Oc1cccc(Cl)c1)C(=O)N[C@@H](C)CO. The van der Waals surface area contributed by atoms with Gasteiger partial charge in [-0.05, 0) is 32.0 Å². The summed E-state index contributed by atoms with van der Waals surface area (Å²) in [6, 6.07) is 6.56. The summed E-state index contributed by atoms with van der Waals surface area (Å²) in [5, 5.41) is 12.0. The smallest absolute Gasteiger partial charge is 0.261 e. The molecule has 0 aromatic heterocycles. The molecule has 1 amide bonds. The van der Waals surface area contributed by atoms with Gasteiger partial charge in [0.1, 0.15) is 5.75 Å². The topological polar surface area (TPSA) is 58.6 Å². The quantitative estimate of drug-likeness (QED) is 0.843. The summed E-state index contributed by atoms with van der Waals surface area (Å²) in [6.45, 7) is 3.25. The first-order chi connectivity index (χ1) is 8.02. The molecular weight excluding hydrogens is 242 g/mol. The van der Waals surface area contributed by atoms with Crippen LogP contribution in [0.4, 0.5) is 0 Å². The van der Waals surface area contributed by atoms with E-state index in [0.29, 0.717) is 10.8 Å². The largest absolute Gasteiger partial charge is 0.481 e. The number of halogens is 1. The number of aliphatic hydroxyl groups is 1. The van der Waals surface area contributed by atoms with Crippen LogP contribution in [0.15, 0.2) is 24.3 Å². The van der Waals surface area contributed by atoms with E-state index in [4.69, 9.17) is 21.4 Å². The van der Waals surface area contributed by atoms with Crippen LogP contribution in [-0.4, -0.2) is 29.8 Å². The lowest BCUT2D eigenvalue weighted by Crippen LogP contribution is -2.42. The van der Waals surface area contributed by atoms with Gasteiger partial charge in [0.25, 0.3) is 5.91 Å². The van der Waals surface area contributed by atoms with E-state index in [9.17, 15) is 4.79 Å². The average Bonchev–Trinajstić information content (AvgIpc) is 2.28. The van der Waals surface area contributed by atoms with E-state index in [0.717, 1.165) is 0 Å². The van der Waals surface area contributed by atoms with Crippen LogP contribution < -0.4 is 10.1 Å². The van der Waals surface area contributed by atoms with Crippen molar-refractivity contribution in [2.75, 3.05) is 6.61 Å². The third-order valence-electron chi connectivity index (χ3n) is 2.14. The maximum Gasteiger partial charge on any atom is 0.261 e. The summed E-state index contributed by atoms with van der Waals surface area (Å²) < 4.78 is 5.42. The molecule has 5 heteroatoms. The van der Waals surface area contributed by atoms with Gasteiger partial charge in [-0.15, -0.1) is 0 Å². The molecule has 2 atom stereocenters. The fourth-order valence-electron chi connectivity index (χ4n) is 1.20. The molecule has 94 valence electrons. The number of hydrogen-bond acceptors (Lipinski definition) is 3. The van der Waals surface area contributed by atoms with E-state index in [1.807, 2.05) is 0 Å². The van der Waals surface area contributed by atoms with Crippen LogP contribution in [0.1, 0.15) is 13.8 Å². The Morgan fingerprint density at radius 3 is 2.82 bits per heavy atom. The van der Waals surface area contributed by atoms with Gasteiger partial charge in [0.15, 0.2) is 6.10 Å². The lowest BCUT2D eigenvalue weighted by atomic mass is 10.3. The van der Waals surface area contributed by atoms with E-state index in [1.54, 1.807) is 38.1 Å². The maximum atomic E-state index is 11.6. The first-order valence-electron chi connectivity index (χ1n) is 5.36. The van der Waals surface area contributed by atoms with E-state index >= 15 is 0 Å². The number of carbonyl (C=O) groups excluding carboxylic acids is 1. The summed E-state index contributed by atoms with van der Waals surface area (Å²) in [6.07, 6.45) is -0.637. The van der Waals surface area contributed by atoms with Crippen molar-refractivity contribution in [3.05, 3.63) is 29.3 Å². The Kier molecular flexibility index (Phi) is 5.25. The fraction of sp³-hybridized carbons (Fsp3) is 0.417. The van der Waals surface area contributed by atoms with Gasteiger partial charge in [-0.2, -0.15) is 0 Å². The zero-order valence-corrected chi connectivity index (χ0v) is 10.6. The van der Waals surface area contributed by atoms with Crippen LogP contribution in [0.2, 0.25) is 5.02 Å². The minimum Gasteiger partial charge on any atom is -0.481 e. The standard InChI is InChI=1S/C12H16ClNO3/c1-8(7-15)14-12(16)9(2)17-11-5-3-4-10(13)6-11/h3-6,8-9,15H,7H2,1-2H3,(H,14,16)/t8-,9?/m0/s1. The number of hydrogen-bond donors (Lipinski definition) is 2. The Morgan fingerprint density at radius 1 is 1.53 bits per heavy atom. The first kappa shape index (κ1) is 13.8. The molecule has 1 unspecified atom stereocenters. The van der Waals surface area contributed by atoms with Gasteiger partial charge in [-0.3, -0.25) is 4.79 Å². The Morgan fingerprint density at radius 2 is 2.24 bits per heavy atom. The predicted molar refractivity (Wildman–Crippen MR) is 66.2 cm³/mol. The normalized spacial score (nSPS) is 13.9. The lowest BCUT2D eigenvalue weighted by Gasteiger charge is -2.17. The van der Waals surface area contributed by atoms with Gasteiger partial charge in [0.2, 0.25) is 0 Å². The van der Waals surface area contributed by atoms with Gasteiger partial charge in [-0.25, -0.2) is 0 Å². The Labute approximate surface area is 106 Å². The number of carbonyl (C=O) groups is 1. The molecule has 1 aromatic rings. The van der Waals surface area contributed by atoms with Gasteiger partial charge in [0.05, 0.1) is 6.61 Å². The van der Waals surface area contributed by atoms with Crippen molar-refractivity contribution in [1.29, 1.82) is 0 Å². The first-order valence-corrected chi connectivity index (χ1v) is 5.74. The number of benzene rings is 1. The fourth-order valence-corrected chi connectivity index (χ4v) is 1.38.